The first-order valence-electron chi connectivity index (χ1n) is 10.8. The summed E-state index contributed by atoms with van der Waals surface area (Å²) in [7, 11) is 0. The van der Waals surface area contributed by atoms with Crippen LogP contribution in [0.2, 0.25) is 0 Å². The smallest absolute Gasteiger partial charge is 0.481 e. The van der Waals surface area contributed by atoms with Gasteiger partial charge in [0.2, 0.25) is 0 Å². The van der Waals surface area contributed by atoms with Crippen LogP contribution in [0.3, 0.4) is 0 Å². The van der Waals surface area contributed by atoms with Gasteiger partial charge in [0.25, 0.3) is 0 Å². The summed E-state index contributed by atoms with van der Waals surface area (Å²) in [4.78, 5) is 19.3. The number of unbranched alkanes of at least 4 members (excludes halogenated alkanes) is 15. The third-order valence-electron chi connectivity index (χ3n) is 4.41. The third-order valence-corrected chi connectivity index (χ3v) is 4.41. The van der Waals surface area contributed by atoms with Crippen LogP contribution in [0.4, 0.5) is 0 Å². The number of hydrogen-bond donors (Lipinski definition) is 2. The molecular weight excluding hydrogens is 367 g/mol. The first-order valence-corrected chi connectivity index (χ1v) is 10.8. The largest absolute Gasteiger partial charge is 1.00 e. The maximum Gasteiger partial charge on any atom is 1.00 e. The molecule has 0 aliphatic carbocycles. The quantitative estimate of drug-likeness (QED) is 0.203. The molecule has 2 N–H and O–H groups in total. The molecule has 0 aromatic heterocycles. The van der Waals surface area contributed by atoms with Crippen LogP contribution in [0.5, 0.6) is 0 Å². The van der Waals surface area contributed by atoms with Crippen molar-refractivity contribution in [3.05, 3.63) is 6.92 Å². The molecule has 0 aliphatic heterocycles. The Hall–Kier alpha value is 0.576. The van der Waals surface area contributed by atoms with Crippen molar-refractivity contribution in [2.24, 2.45) is 0 Å². The second kappa shape index (κ2) is 28.8. The molecule has 5 heteroatoms. The van der Waals surface area contributed by atoms with Gasteiger partial charge in [-0.1, -0.05) is 103 Å². The molecule has 0 aromatic carbocycles. The van der Waals surface area contributed by atoms with Gasteiger partial charge >= 0.3 is 63.3 Å². The van der Waals surface area contributed by atoms with Gasteiger partial charge in [-0.2, -0.15) is 6.42 Å². The van der Waals surface area contributed by atoms with Gasteiger partial charge in [0.05, 0.1) is 12.8 Å². The number of carboxylic acids is 2. The van der Waals surface area contributed by atoms with E-state index in [1.54, 1.807) is 0 Å². The molecule has 0 bridgehead atoms. The van der Waals surface area contributed by atoms with Gasteiger partial charge in [-0.25, -0.2) is 0 Å². The fourth-order valence-corrected chi connectivity index (χ4v) is 2.76. The van der Waals surface area contributed by atoms with E-state index in [0.29, 0.717) is 0 Å². The molecule has 27 heavy (non-hydrogen) atoms. The van der Waals surface area contributed by atoms with E-state index in [1.165, 1.54) is 96.3 Å². The molecule has 0 radical (unpaired) electrons. The molecule has 4 nitrogen and oxygen atoms in total. The summed E-state index contributed by atoms with van der Waals surface area (Å²) in [5.41, 5.74) is 0. The van der Waals surface area contributed by atoms with Crippen LogP contribution in [-0.2, 0) is 9.59 Å². The molecule has 0 fully saturated rings. The molecule has 0 aliphatic rings. The van der Waals surface area contributed by atoms with Gasteiger partial charge in [0, 0.05) is 0 Å². The molecule has 0 unspecified atom stereocenters. The van der Waals surface area contributed by atoms with E-state index in [4.69, 9.17) is 10.2 Å². The summed E-state index contributed by atoms with van der Waals surface area (Å²) in [5, 5.41) is 15.8. The van der Waals surface area contributed by atoms with Crippen LogP contribution >= 0.6 is 0 Å². The van der Waals surface area contributed by atoms with Crippen molar-refractivity contribution < 1.29 is 71.2 Å². The maximum absolute atomic E-state index is 9.64. The fraction of sp³-hybridized carbons (Fsp3) is 0.864. The van der Waals surface area contributed by atoms with Crippen molar-refractivity contribution in [2.75, 3.05) is 0 Å². The van der Waals surface area contributed by atoms with Crippen LogP contribution in [0.1, 0.15) is 122 Å². The minimum atomic E-state index is -1.08. The molecular formula is C22H43KO4. The third kappa shape index (κ3) is 37.9. The van der Waals surface area contributed by atoms with Crippen LogP contribution in [0, 0.1) is 6.92 Å². The Bertz CT molecular complexity index is 279. The van der Waals surface area contributed by atoms with E-state index in [0.717, 1.165) is 6.42 Å². The minimum absolute atomic E-state index is 0. The summed E-state index contributed by atoms with van der Waals surface area (Å²) < 4.78 is 0. The zero-order chi connectivity index (χ0) is 19.9. The number of hydrogen-bond acceptors (Lipinski definition) is 2. The SMILES string of the molecule is O=C(O)CCC(=O)O.[CH2-]CCCCCCCCCCCCCCCCC.[K+]. The number of carbonyl (C=O) groups is 2. The summed E-state index contributed by atoms with van der Waals surface area (Å²) >= 11 is 0. The maximum atomic E-state index is 9.64. The number of rotatable bonds is 18. The first-order chi connectivity index (χ1) is 12.5. The standard InChI is InChI=1S/C18H37.C4H6O4.K/c1-3-5-7-9-11-13-15-17-18-16-14-12-10-8-6-4-2;5-3(6)1-2-4(7)8;/h1,3-18H2,2H3;1-2H2,(H,5,6)(H,7,8);/q-1;;+1. The molecule has 0 spiro atoms. The zero-order valence-electron chi connectivity index (χ0n) is 18.1. The summed E-state index contributed by atoms with van der Waals surface area (Å²) in [6, 6.07) is 0. The van der Waals surface area contributed by atoms with Crippen molar-refractivity contribution in [1.82, 2.24) is 0 Å². The normalized spacial score (nSPS) is 9.85. The molecule has 0 aromatic rings. The number of carboxylic acid groups (broad SMARTS) is 2. The number of aliphatic carboxylic acids is 2. The van der Waals surface area contributed by atoms with Crippen molar-refractivity contribution >= 4 is 11.9 Å². The van der Waals surface area contributed by atoms with Gasteiger partial charge < -0.3 is 17.1 Å². The van der Waals surface area contributed by atoms with Gasteiger partial charge in [-0.3, -0.25) is 9.59 Å². The Morgan fingerprint density at radius 3 is 1.07 bits per heavy atom. The van der Waals surface area contributed by atoms with Crippen molar-refractivity contribution in [3.63, 3.8) is 0 Å². The van der Waals surface area contributed by atoms with Crippen LogP contribution in [0.25, 0.3) is 0 Å². The van der Waals surface area contributed by atoms with Gasteiger partial charge in [-0.05, 0) is 0 Å². The summed E-state index contributed by atoms with van der Waals surface area (Å²) in [6.07, 6.45) is 22.2. The summed E-state index contributed by atoms with van der Waals surface area (Å²) in [6.45, 7) is 6.18. The fourth-order valence-electron chi connectivity index (χ4n) is 2.76. The molecule has 0 saturated carbocycles. The van der Waals surface area contributed by atoms with Crippen molar-refractivity contribution in [1.29, 1.82) is 0 Å². The Morgan fingerprint density at radius 1 is 0.593 bits per heavy atom. The van der Waals surface area contributed by atoms with E-state index in [-0.39, 0.29) is 64.2 Å². The van der Waals surface area contributed by atoms with E-state index >= 15 is 0 Å². The first kappa shape index (κ1) is 32.2. The van der Waals surface area contributed by atoms with Crippen LogP contribution in [0.15, 0.2) is 0 Å². The topological polar surface area (TPSA) is 74.6 Å². The summed E-state index contributed by atoms with van der Waals surface area (Å²) in [5.74, 6) is -2.15. The monoisotopic (exact) mass is 410 g/mol. The van der Waals surface area contributed by atoms with E-state index < -0.39 is 11.9 Å². The average Bonchev–Trinajstić information content (AvgIpc) is 2.61. The molecule has 0 amide bonds. The van der Waals surface area contributed by atoms with Crippen LogP contribution in [-0.4, -0.2) is 22.2 Å². The van der Waals surface area contributed by atoms with Crippen LogP contribution < -0.4 is 51.4 Å². The van der Waals surface area contributed by atoms with Crippen molar-refractivity contribution in [3.8, 4) is 0 Å². The molecule has 156 valence electrons. The van der Waals surface area contributed by atoms with E-state index in [1.807, 2.05) is 0 Å². The van der Waals surface area contributed by atoms with Gasteiger partial charge in [-0.15, -0.1) is 0 Å². The van der Waals surface area contributed by atoms with E-state index in [2.05, 4.69) is 13.8 Å². The van der Waals surface area contributed by atoms with Gasteiger partial charge in [0.15, 0.2) is 0 Å². The Labute approximate surface area is 210 Å². The van der Waals surface area contributed by atoms with Crippen molar-refractivity contribution in [2.45, 2.75) is 122 Å². The second-order valence-corrected chi connectivity index (χ2v) is 7.09. The minimum Gasteiger partial charge on any atom is -0.481 e. The van der Waals surface area contributed by atoms with E-state index in [9.17, 15) is 9.59 Å². The Morgan fingerprint density at radius 2 is 0.852 bits per heavy atom. The average molecular weight is 411 g/mol. The second-order valence-electron chi connectivity index (χ2n) is 7.09. The molecule has 0 atom stereocenters. The van der Waals surface area contributed by atoms with Gasteiger partial charge in [0.1, 0.15) is 0 Å². The predicted octanol–water partition coefficient (Wildman–Crippen LogP) is 4.02. The zero-order valence-corrected chi connectivity index (χ0v) is 21.3. The molecule has 0 saturated heterocycles. The Balaban J connectivity index is -0.000000542. The molecule has 0 heterocycles. The molecule has 0 rings (SSSR count). The predicted molar refractivity (Wildman–Crippen MR) is 109 cm³/mol. The Kier molecular flexibility index (Phi) is 34.4.